The summed E-state index contributed by atoms with van der Waals surface area (Å²) in [6, 6.07) is 3.03. The van der Waals surface area contributed by atoms with Crippen molar-refractivity contribution in [3.8, 4) is 0 Å². The van der Waals surface area contributed by atoms with Crippen LogP contribution in [-0.2, 0) is 6.42 Å². The van der Waals surface area contributed by atoms with E-state index < -0.39 is 12.5 Å². The number of rotatable bonds is 5. The Kier molecular flexibility index (Phi) is 4.46. The largest absolute Gasteiger partial charge is 0.309 e. The van der Waals surface area contributed by atoms with E-state index in [9.17, 15) is 8.78 Å². The van der Waals surface area contributed by atoms with Gasteiger partial charge in [-0.2, -0.15) is 0 Å². The van der Waals surface area contributed by atoms with Gasteiger partial charge in [0.25, 0.3) is 6.43 Å². The first-order valence-electron chi connectivity index (χ1n) is 4.60. The lowest BCUT2D eigenvalue weighted by molar-refractivity contribution is 0.106. The van der Waals surface area contributed by atoms with Crippen molar-refractivity contribution in [1.29, 1.82) is 0 Å². The summed E-state index contributed by atoms with van der Waals surface area (Å²) in [6.07, 6.45) is 1.86. The van der Waals surface area contributed by atoms with Crippen LogP contribution in [-0.4, -0.2) is 24.0 Å². The third-order valence-electron chi connectivity index (χ3n) is 1.98. The molecule has 2 nitrogen and oxygen atoms in total. The highest BCUT2D eigenvalue weighted by atomic mass is 19.3. The van der Waals surface area contributed by atoms with E-state index in [1.807, 2.05) is 12.1 Å². The van der Waals surface area contributed by atoms with Crippen LogP contribution in [0.5, 0.6) is 0 Å². The van der Waals surface area contributed by atoms with E-state index in [0.717, 1.165) is 12.0 Å². The smallest absolute Gasteiger partial charge is 0.253 e. The van der Waals surface area contributed by atoms with Crippen LogP contribution >= 0.6 is 0 Å². The van der Waals surface area contributed by atoms with E-state index in [0.29, 0.717) is 6.54 Å². The van der Waals surface area contributed by atoms with Crippen LogP contribution in [0.4, 0.5) is 8.78 Å². The molecule has 1 unspecified atom stereocenters. The van der Waals surface area contributed by atoms with Crippen LogP contribution in [0.2, 0.25) is 0 Å². The third kappa shape index (κ3) is 3.79. The molecule has 0 saturated carbocycles. The van der Waals surface area contributed by atoms with Crippen LogP contribution < -0.4 is 5.32 Å². The lowest BCUT2D eigenvalue weighted by Crippen LogP contribution is -2.33. The van der Waals surface area contributed by atoms with Crippen LogP contribution in [0.25, 0.3) is 0 Å². The van der Waals surface area contributed by atoms with E-state index in [4.69, 9.17) is 0 Å². The monoisotopic (exact) mass is 200 g/mol. The van der Waals surface area contributed by atoms with Gasteiger partial charge in [0.15, 0.2) is 0 Å². The molecule has 4 heteroatoms. The van der Waals surface area contributed by atoms with Gasteiger partial charge in [-0.15, -0.1) is 0 Å². The predicted molar refractivity (Wildman–Crippen MR) is 51.4 cm³/mol. The maximum atomic E-state index is 12.1. The summed E-state index contributed by atoms with van der Waals surface area (Å²) in [7, 11) is 0. The SMILES string of the molecule is CC(NCCc1cccnc1)C(F)F. The lowest BCUT2D eigenvalue weighted by Gasteiger charge is -2.11. The zero-order valence-corrected chi connectivity index (χ0v) is 8.08. The van der Waals surface area contributed by atoms with Crippen LogP contribution in [0.15, 0.2) is 24.5 Å². The van der Waals surface area contributed by atoms with Crippen molar-refractivity contribution in [2.45, 2.75) is 25.8 Å². The molecule has 78 valence electrons. The van der Waals surface area contributed by atoms with Crippen molar-refractivity contribution < 1.29 is 8.78 Å². The number of hydrogen-bond acceptors (Lipinski definition) is 2. The van der Waals surface area contributed by atoms with Gasteiger partial charge in [0.2, 0.25) is 0 Å². The Morgan fingerprint density at radius 1 is 1.50 bits per heavy atom. The second-order valence-electron chi connectivity index (χ2n) is 3.19. The Bertz CT molecular complexity index is 252. The van der Waals surface area contributed by atoms with Crippen molar-refractivity contribution in [2.75, 3.05) is 6.54 Å². The zero-order chi connectivity index (χ0) is 10.4. The summed E-state index contributed by atoms with van der Waals surface area (Å²) < 4.78 is 24.2. The topological polar surface area (TPSA) is 24.9 Å². The summed E-state index contributed by atoms with van der Waals surface area (Å²) in [6.45, 7) is 2.03. The molecule has 14 heavy (non-hydrogen) atoms. The average Bonchev–Trinajstić information content (AvgIpc) is 2.19. The maximum Gasteiger partial charge on any atom is 0.253 e. The molecule has 0 spiro atoms. The molecule has 0 aliphatic rings. The molecule has 1 heterocycles. The highest BCUT2D eigenvalue weighted by Gasteiger charge is 2.12. The Labute approximate surface area is 82.4 Å². The number of alkyl halides is 2. The van der Waals surface area contributed by atoms with Gasteiger partial charge in [0.05, 0.1) is 6.04 Å². The number of hydrogen-bond donors (Lipinski definition) is 1. The second kappa shape index (κ2) is 5.65. The first kappa shape index (κ1) is 11.0. The van der Waals surface area contributed by atoms with Crippen molar-refractivity contribution in [2.24, 2.45) is 0 Å². The average molecular weight is 200 g/mol. The minimum Gasteiger partial charge on any atom is -0.309 e. The molecule has 0 aliphatic heterocycles. The number of nitrogens with one attached hydrogen (secondary N) is 1. The molecule has 1 rings (SSSR count). The van der Waals surface area contributed by atoms with Gasteiger partial charge in [-0.3, -0.25) is 4.98 Å². The molecule has 0 aromatic carbocycles. The fraction of sp³-hybridized carbons (Fsp3) is 0.500. The normalized spacial score (nSPS) is 13.1. The van der Waals surface area contributed by atoms with Gasteiger partial charge in [0.1, 0.15) is 0 Å². The number of halogens is 2. The van der Waals surface area contributed by atoms with Gasteiger partial charge < -0.3 is 5.32 Å². The molecular formula is C10H14F2N2. The number of pyridine rings is 1. The summed E-state index contributed by atoms with van der Waals surface area (Å²) >= 11 is 0. The van der Waals surface area contributed by atoms with E-state index in [1.54, 1.807) is 12.4 Å². The standard InChI is InChI=1S/C10H14F2N2/c1-8(10(11)12)14-6-4-9-3-2-5-13-7-9/h2-3,5,7-8,10,14H,4,6H2,1H3. The number of aromatic nitrogens is 1. The lowest BCUT2D eigenvalue weighted by atomic mass is 10.2. The number of nitrogens with zero attached hydrogens (tertiary/aromatic N) is 1. The Morgan fingerprint density at radius 3 is 2.86 bits per heavy atom. The molecular weight excluding hydrogens is 186 g/mol. The fourth-order valence-corrected chi connectivity index (χ4v) is 1.08. The van der Waals surface area contributed by atoms with Gasteiger partial charge in [-0.1, -0.05) is 6.07 Å². The van der Waals surface area contributed by atoms with Crippen molar-refractivity contribution >= 4 is 0 Å². The van der Waals surface area contributed by atoms with E-state index in [1.165, 1.54) is 6.92 Å². The first-order chi connectivity index (χ1) is 6.70. The molecule has 1 aromatic heterocycles. The van der Waals surface area contributed by atoms with Crippen LogP contribution in [0, 0.1) is 0 Å². The molecule has 0 amide bonds. The minimum atomic E-state index is -2.30. The van der Waals surface area contributed by atoms with Crippen LogP contribution in [0.3, 0.4) is 0 Å². The highest BCUT2D eigenvalue weighted by molar-refractivity contribution is 5.08. The fourth-order valence-electron chi connectivity index (χ4n) is 1.08. The Morgan fingerprint density at radius 2 is 2.29 bits per heavy atom. The molecule has 0 aliphatic carbocycles. The van der Waals surface area contributed by atoms with E-state index in [2.05, 4.69) is 10.3 Å². The van der Waals surface area contributed by atoms with E-state index in [-0.39, 0.29) is 0 Å². The molecule has 1 N–H and O–H groups in total. The molecule has 1 aromatic rings. The quantitative estimate of drug-likeness (QED) is 0.784. The maximum absolute atomic E-state index is 12.1. The summed E-state index contributed by atoms with van der Waals surface area (Å²) in [5, 5.41) is 2.75. The van der Waals surface area contributed by atoms with Gasteiger partial charge in [0, 0.05) is 12.4 Å². The summed E-state index contributed by atoms with van der Waals surface area (Å²) in [4.78, 5) is 3.94. The zero-order valence-electron chi connectivity index (χ0n) is 8.08. The molecule has 0 saturated heterocycles. The van der Waals surface area contributed by atoms with Crippen molar-refractivity contribution in [1.82, 2.24) is 10.3 Å². The Balaban J connectivity index is 2.22. The first-order valence-corrected chi connectivity index (χ1v) is 4.60. The van der Waals surface area contributed by atoms with Gasteiger partial charge >= 0.3 is 0 Å². The van der Waals surface area contributed by atoms with E-state index >= 15 is 0 Å². The summed E-state index contributed by atoms with van der Waals surface area (Å²) in [5.74, 6) is 0. The van der Waals surface area contributed by atoms with Gasteiger partial charge in [-0.25, -0.2) is 8.78 Å². The van der Waals surface area contributed by atoms with Crippen LogP contribution in [0.1, 0.15) is 12.5 Å². The Hall–Kier alpha value is -1.03. The molecule has 1 atom stereocenters. The second-order valence-corrected chi connectivity index (χ2v) is 3.19. The third-order valence-corrected chi connectivity index (χ3v) is 1.98. The molecule has 0 fully saturated rings. The van der Waals surface area contributed by atoms with Crippen molar-refractivity contribution in [3.63, 3.8) is 0 Å². The highest BCUT2D eigenvalue weighted by Crippen LogP contribution is 2.00. The van der Waals surface area contributed by atoms with Gasteiger partial charge in [-0.05, 0) is 31.5 Å². The minimum absolute atomic E-state index is 0.553. The van der Waals surface area contributed by atoms with Crippen molar-refractivity contribution in [3.05, 3.63) is 30.1 Å². The molecule has 0 bridgehead atoms. The molecule has 0 radical (unpaired) electrons. The predicted octanol–water partition coefficient (Wildman–Crippen LogP) is 1.87. The summed E-state index contributed by atoms with van der Waals surface area (Å²) in [5.41, 5.74) is 1.06.